The zero-order chi connectivity index (χ0) is 16.3. The molecule has 0 fully saturated rings. The van der Waals surface area contributed by atoms with E-state index in [0.29, 0.717) is 12.8 Å². The van der Waals surface area contributed by atoms with Crippen molar-refractivity contribution in [1.82, 2.24) is 5.32 Å². The first-order valence-corrected chi connectivity index (χ1v) is 5.88. The van der Waals surface area contributed by atoms with E-state index in [1.54, 1.807) is 0 Å². The monoisotopic (exact) mass is 309 g/mol. The number of carbonyl (C=O) groups is 2. The van der Waals surface area contributed by atoms with Crippen LogP contribution in [0.3, 0.4) is 0 Å². The van der Waals surface area contributed by atoms with Crippen LogP contribution in [0.25, 0.3) is 0 Å². The maximum Gasteiger partial charge on any atom is 0.322 e. The molecule has 1 unspecified atom stereocenters. The maximum atomic E-state index is 11.2. The van der Waals surface area contributed by atoms with Gasteiger partial charge < -0.3 is 20.1 Å². The predicted octanol–water partition coefficient (Wildman–Crippen LogP) is -0.467. The Kier molecular flexibility index (Phi) is 8.88. The first kappa shape index (κ1) is 18.3. The Morgan fingerprint density at radius 2 is 1.86 bits per heavy atom. The summed E-state index contributed by atoms with van der Waals surface area (Å²) in [6.45, 7) is -1.07. The summed E-state index contributed by atoms with van der Waals surface area (Å²) in [5.74, 6) is -1.63. The third-order valence-corrected chi connectivity index (χ3v) is 2.22. The number of amides is 1. The van der Waals surface area contributed by atoms with Gasteiger partial charge in [0.1, 0.15) is 19.3 Å². The summed E-state index contributed by atoms with van der Waals surface area (Å²) in [6.07, 6.45) is -0.343. The smallest absolute Gasteiger partial charge is 0.322 e. The largest absolute Gasteiger partial charge is 0.480 e. The van der Waals surface area contributed by atoms with E-state index in [1.807, 2.05) is 0 Å². The Hall–Kier alpha value is -2.66. The minimum Gasteiger partial charge on any atom is -0.480 e. The van der Waals surface area contributed by atoms with Crippen LogP contribution in [0.4, 0.5) is 0 Å². The summed E-state index contributed by atoms with van der Waals surface area (Å²) in [7, 11) is 0. The molecule has 12 heteroatoms. The van der Waals surface area contributed by atoms with Gasteiger partial charge >= 0.3 is 5.97 Å². The lowest BCUT2D eigenvalue weighted by Gasteiger charge is -2.13. The number of unbranched alkanes of at least 4 members (excludes halogenated alkanes) is 1. The molecule has 0 aliphatic rings. The number of nitrogens with zero attached hydrogens (tertiary/aromatic N) is 2. The van der Waals surface area contributed by atoms with Gasteiger partial charge in [-0.1, -0.05) is 6.42 Å². The number of hydrogen-bond acceptors (Lipinski definition) is 8. The van der Waals surface area contributed by atoms with Crippen molar-refractivity contribution < 1.29 is 34.5 Å². The fraction of sp³-hybridized carbons (Fsp3) is 0.778. The van der Waals surface area contributed by atoms with Crippen molar-refractivity contribution >= 4 is 11.9 Å². The molecule has 0 aromatic carbocycles. The highest BCUT2D eigenvalue weighted by molar-refractivity contribution is 5.80. The summed E-state index contributed by atoms with van der Waals surface area (Å²) in [4.78, 5) is 49.7. The van der Waals surface area contributed by atoms with Crippen LogP contribution in [0, 0.1) is 20.2 Å². The molecule has 21 heavy (non-hydrogen) atoms. The fourth-order valence-electron chi connectivity index (χ4n) is 1.35. The molecule has 0 rings (SSSR count). The average Bonchev–Trinajstić information content (AvgIpc) is 2.37. The first-order valence-electron chi connectivity index (χ1n) is 5.88. The Morgan fingerprint density at radius 3 is 2.38 bits per heavy atom. The zero-order valence-corrected chi connectivity index (χ0v) is 10.9. The molecular formula is C9H15N3O9. The third-order valence-electron chi connectivity index (χ3n) is 2.22. The molecule has 0 saturated heterocycles. The van der Waals surface area contributed by atoms with Crippen LogP contribution in [-0.4, -0.2) is 46.4 Å². The summed E-state index contributed by atoms with van der Waals surface area (Å²) in [5, 5.41) is 28.5. The van der Waals surface area contributed by atoms with Gasteiger partial charge in [0.2, 0.25) is 5.91 Å². The summed E-state index contributed by atoms with van der Waals surface area (Å²) >= 11 is 0. The standard InChI is InChI=1S/C9H15N3O9/c13-8(10-5-9(14)15)4-2-1-3-7(21-12(18)19)6-20-11(16)17/h7H,1-6H2,(H,10,13)(H,14,15). The highest BCUT2D eigenvalue weighted by Crippen LogP contribution is 2.08. The van der Waals surface area contributed by atoms with Crippen molar-refractivity contribution in [2.24, 2.45) is 0 Å². The predicted molar refractivity (Wildman–Crippen MR) is 63.9 cm³/mol. The highest BCUT2D eigenvalue weighted by atomic mass is 17.0. The van der Waals surface area contributed by atoms with Crippen molar-refractivity contribution in [3.63, 3.8) is 0 Å². The van der Waals surface area contributed by atoms with E-state index in [-0.39, 0.29) is 12.8 Å². The molecule has 0 aliphatic heterocycles. The second-order valence-electron chi connectivity index (χ2n) is 3.89. The van der Waals surface area contributed by atoms with Gasteiger partial charge in [-0.15, -0.1) is 20.2 Å². The molecule has 1 atom stereocenters. The molecule has 0 bridgehead atoms. The molecule has 0 aromatic rings. The molecule has 2 N–H and O–H groups in total. The first-order chi connectivity index (χ1) is 9.81. The van der Waals surface area contributed by atoms with Gasteiger partial charge in [-0.2, -0.15) is 0 Å². The van der Waals surface area contributed by atoms with E-state index in [0.717, 1.165) is 0 Å². The highest BCUT2D eigenvalue weighted by Gasteiger charge is 2.15. The number of carboxylic acids is 1. The Labute approximate surface area is 118 Å². The lowest BCUT2D eigenvalue weighted by atomic mass is 10.1. The molecule has 1 amide bonds. The number of carboxylic acid groups (broad SMARTS) is 1. The van der Waals surface area contributed by atoms with Crippen LogP contribution in [0.1, 0.15) is 25.7 Å². The van der Waals surface area contributed by atoms with Crippen molar-refractivity contribution in [2.45, 2.75) is 31.8 Å². The van der Waals surface area contributed by atoms with E-state index >= 15 is 0 Å². The number of hydrogen-bond donors (Lipinski definition) is 2. The van der Waals surface area contributed by atoms with E-state index in [2.05, 4.69) is 15.0 Å². The lowest BCUT2D eigenvalue weighted by molar-refractivity contribution is -0.790. The van der Waals surface area contributed by atoms with Gasteiger partial charge in [0.25, 0.3) is 10.2 Å². The van der Waals surface area contributed by atoms with E-state index in [4.69, 9.17) is 5.11 Å². The third kappa shape index (κ3) is 12.1. The molecule has 0 spiro atoms. The van der Waals surface area contributed by atoms with Crippen LogP contribution >= 0.6 is 0 Å². The second-order valence-corrected chi connectivity index (χ2v) is 3.89. The number of rotatable bonds is 12. The summed E-state index contributed by atoms with van der Waals surface area (Å²) in [6, 6.07) is 0. The minimum absolute atomic E-state index is 0.0363. The van der Waals surface area contributed by atoms with Gasteiger partial charge in [0.15, 0.2) is 0 Å². The van der Waals surface area contributed by atoms with Crippen molar-refractivity contribution in [2.75, 3.05) is 13.2 Å². The maximum absolute atomic E-state index is 11.2. The Morgan fingerprint density at radius 1 is 1.19 bits per heavy atom. The number of aliphatic carboxylic acids is 1. The Bertz CT molecular complexity index is 387. The van der Waals surface area contributed by atoms with Gasteiger partial charge in [-0.25, -0.2) is 0 Å². The molecule has 0 radical (unpaired) electrons. The van der Waals surface area contributed by atoms with Crippen LogP contribution in [-0.2, 0) is 19.3 Å². The number of nitrogens with one attached hydrogen (secondary N) is 1. The van der Waals surface area contributed by atoms with Crippen LogP contribution in [0.2, 0.25) is 0 Å². The summed E-state index contributed by atoms with van der Waals surface area (Å²) < 4.78 is 0. The van der Waals surface area contributed by atoms with Gasteiger partial charge in [-0.3, -0.25) is 9.59 Å². The second kappa shape index (κ2) is 10.2. The normalized spacial score (nSPS) is 11.2. The van der Waals surface area contributed by atoms with Crippen LogP contribution in [0.5, 0.6) is 0 Å². The quantitative estimate of drug-likeness (QED) is 0.274. The van der Waals surface area contributed by atoms with Gasteiger partial charge in [0.05, 0.1) is 0 Å². The van der Waals surface area contributed by atoms with Crippen molar-refractivity contribution in [3.8, 4) is 0 Å². The molecule has 0 saturated carbocycles. The van der Waals surface area contributed by atoms with Gasteiger partial charge in [0, 0.05) is 6.42 Å². The van der Waals surface area contributed by atoms with Crippen molar-refractivity contribution in [1.29, 1.82) is 0 Å². The fourth-order valence-corrected chi connectivity index (χ4v) is 1.35. The molecule has 0 heterocycles. The zero-order valence-electron chi connectivity index (χ0n) is 10.9. The minimum atomic E-state index is -1.17. The molecular weight excluding hydrogens is 294 g/mol. The van der Waals surface area contributed by atoms with Gasteiger partial charge in [-0.05, 0) is 12.8 Å². The summed E-state index contributed by atoms with van der Waals surface area (Å²) in [5.41, 5.74) is 0. The van der Waals surface area contributed by atoms with E-state index in [9.17, 15) is 29.8 Å². The lowest BCUT2D eigenvalue weighted by Crippen LogP contribution is -2.29. The van der Waals surface area contributed by atoms with E-state index in [1.165, 1.54) is 0 Å². The topological polar surface area (TPSA) is 171 Å². The molecule has 0 aromatic heterocycles. The molecule has 12 nitrogen and oxygen atoms in total. The van der Waals surface area contributed by atoms with Crippen LogP contribution < -0.4 is 5.32 Å². The van der Waals surface area contributed by atoms with E-state index < -0.39 is 41.3 Å². The van der Waals surface area contributed by atoms with Crippen molar-refractivity contribution in [3.05, 3.63) is 20.2 Å². The molecule has 120 valence electrons. The molecule has 0 aliphatic carbocycles. The average molecular weight is 309 g/mol. The van der Waals surface area contributed by atoms with Crippen LogP contribution in [0.15, 0.2) is 0 Å². The number of carbonyl (C=O) groups excluding carboxylic acids is 1. The SMILES string of the molecule is O=C(O)CNC(=O)CCCCC(CO[N+](=O)[O-])O[N+](=O)[O-]. The Balaban J connectivity index is 3.90.